The Morgan fingerprint density at radius 1 is 1.09 bits per heavy atom. The largest absolute Gasteiger partial charge is 0.339 e. The van der Waals surface area contributed by atoms with Crippen LogP contribution in [0.1, 0.15) is 6.92 Å². The Morgan fingerprint density at radius 3 is 2.43 bits per heavy atom. The normalized spacial score (nSPS) is 21.0. The van der Waals surface area contributed by atoms with Crippen LogP contribution in [-0.2, 0) is 11.3 Å². The molecular weight excluding hydrogens is 292 g/mol. The molecule has 0 bridgehead atoms. The van der Waals surface area contributed by atoms with Crippen molar-refractivity contribution in [1.82, 2.24) is 24.3 Å². The molecule has 2 saturated heterocycles. The van der Waals surface area contributed by atoms with E-state index in [9.17, 15) is 4.79 Å². The van der Waals surface area contributed by atoms with E-state index in [1.807, 2.05) is 17.3 Å². The van der Waals surface area contributed by atoms with Gasteiger partial charge in [0, 0.05) is 71.3 Å². The van der Waals surface area contributed by atoms with Crippen molar-refractivity contribution in [2.24, 2.45) is 0 Å². The van der Waals surface area contributed by atoms with Crippen LogP contribution in [0.2, 0.25) is 0 Å². The number of imidazole rings is 1. The topological polar surface area (TPSA) is 47.9 Å². The molecule has 1 aromatic rings. The number of hydrogen-bond acceptors (Lipinski definition) is 5. The van der Waals surface area contributed by atoms with Crippen molar-refractivity contribution in [2.75, 3.05) is 70.9 Å². The van der Waals surface area contributed by atoms with Crippen LogP contribution in [0.3, 0.4) is 0 Å². The first-order chi connectivity index (χ1) is 11.2. The van der Waals surface area contributed by atoms with Crippen molar-refractivity contribution in [3.05, 3.63) is 12.4 Å². The predicted molar refractivity (Wildman–Crippen MR) is 90.6 cm³/mol. The van der Waals surface area contributed by atoms with Crippen LogP contribution in [0, 0.1) is 0 Å². The molecule has 2 fully saturated rings. The molecule has 7 nitrogen and oxygen atoms in total. The molecule has 0 atom stereocenters. The molecular formula is C16H28N6O. The molecule has 1 aromatic heterocycles. The van der Waals surface area contributed by atoms with Gasteiger partial charge in [-0.1, -0.05) is 0 Å². The van der Waals surface area contributed by atoms with Gasteiger partial charge in [-0.15, -0.1) is 0 Å². The van der Waals surface area contributed by atoms with Gasteiger partial charge >= 0.3 is 0 Å². The van der Waals surface area contributed by atoms with Gasteiger partial charge in [0.15, 0.2) is 0 Å². The maximum atomic E-state index is 12.5. The van der Waals surface area contributed by atoms with E-state index in [1.165, 1.54) is 0 Å². The quantitative estimate of drug-likeness (QED) is 0.769. The number of carbonyl (C=O) groups excluding carboxylic acids is 1. The fourth-order valence-electron chi connectivity index (χ4n) is 3.28. The van der Waals surface area contributed by atoms with Gasteiger partial charge in [-0.2, -0.15) is 0 Å². The highest BCUT2D eigenvalue weighted by atomic mass is 16.2. The lowest BCUT2D eigenvalue weighted by atomic mass is 10.3. The van der Waals surface area contributed by atoms with E-state index in [-0.39, 0.29) is 5.91 Å². The first kappa shape index (κ1) is 16.3. The Hall–Kier alpha value is -1.60. The number of aryl methyl sites for hydroxylation is 1. The number of likely N-dealkylation sites (N-methyl/N-ethyl adjacent to an activating group) is 1. The lowest BCUT2D eigenvalue weighted by Gasteiger charge is -2.37. The summed E-state index contributed by atoms with van der Waals surface area (Å²) in [5.74, 6) is 1.30. The van der Waals surface area contributed by atoms with Gasteiger partial charge in [0.05, 0.1) is 6.54 Å². The molecule has 0 aliphatic carbocycles. The molecule has 7 heteroatoms. The summed E-state index contributed by atoms with van der Waals surface area (Å²) in [5, 5.41) is 0. The van der Waals surface area contributed by atoms with Crippen LogP contribution in [0.5, 0.6) is 0 Å². The molecule has 3 heterocycles. The van der Waals surface area contributed by atoms with Crippen molar-refractivity contribution >= 4 is 11.9 Å². The molecule has 2 aliphatic rings. The molecule has 2 aliphatic heterocycles. The molecule has 1 amide bonds. The maximum absolute atomic E-state index is 12.5. The van der Waals surface area contributed by atoms with Crippen molar-refractivity contribution < 1.29 is 4.79 Å². The van der Waals surface area contributed by atoms with Crippen molar-refractivity contribution in [3.8, 4) is 0 Å². The van der Waals surface area contributed by atoms with Crippen molar-refractivity contribution in [3.63, 3.8) is 0 Å². The summed E-state index contributed by atoms with van der Waals surface area (Å²) in [6, 6.07) is 0. The van der Waals surface area contributed by atoms with Gasteiger partial charge in [0.25, 0.3) is 0 Å². The first-order valence-electron chi connectivity index (χ1n) is 8.62. The highest BCUT2D eigenvalue weighted by Crippen LogP contribution is 2.14. The second-order valence-electron chi connectivity index (χ2n) is 6.46. The Kier molecular flexibility index (Phi) is 5.17. The number of aromatic nitrogens is 2. The molecule has 0 spiro atoms. The Morgan fingerprint density at radius 2 is 1.78 bits per heavy atom. The van der Waals surface area contributed by atoms with Crippen LogP contribution in [-0.4, -0.2) is 96.1 Å². The average molecular weight is 320 g/mol. The number of piperazine rings is 2. The molecule has 0 saturated carbocycles. The van der Waals surface area contributed by atoms with E-state index in [0.29, 0.717) is 6.54 Å². The molecule has 23 heavy (non-hydrogen) atoms. The van der Waals surface area contributed by atoms with Gasteiger partial charge in [-0.05, 0) is 14.0 Å². The summed E-state index contributed by atoms with van der Waals surface area (Å²) < 4.78 is 2.15. The highest BCUT2D eigenvalue weighted by molar-refractivity contribution is 5.78. The lowest BCUT2D eigenvalue weighted by molar-refractivity contribution is -0.133. The van der Waals surface area contributed by atoms with E-state index >= 15 is 0 Å². The monoisotopic (exact) mass is 320 g/mol. The van der Waals surface area contributed by atoms with Gasteiger partial charge in [-0.25, -0.2) is 4.98 Å². The molecule has 0 N–H and O–H groups in total. The number of anilines is 1. The fraction of sp³-hybridized carbons (Fsp3) is 0.750. The Bertz CT molecular complexity index is 514. The van der Waals surface area contributed by atoms with Gasteiger partial charge in [0.1, 0.15) is 0 Å². The lowest BCUT2D eigenvalue weighted by Crippen LogP contribution is -2.53. The summed E-state index contributed by atoms with van der Waals surface area (Å²) in [7, 11) is 2.14. The van der Waals surface area contributed by atoms with Crippen LogP contribution in [0.4, 0.5) is 5.95 Å². The summed E-state index contributed by atoms with van der Waals surface area (Å²) in [6.45, 7) is 11.0. The number of nitrogens with zero attached hydrogens (tertiary/aromatic N) is 6. The maximum Gasteiger partial charge on any atom is 0.236 e. The van der Waals surface area contributed by atoms with Gasteiger partial charge in [-0.3, -0.25) is 9.69 Å². The van der Waals surface area contributed by atoms with Crippen LogP contribution >= 0.6 is 0 Å². The summed E-state index contributed by atoms with van der Waals surface area (Å²) in [4.78, 5) is 25.8. The zero-order chi connectivity index (χ0) is 16.2. The summed E-state index contributed by atoms with van der Waals surface area (Å²) in [6.07, 6.45) is 3.87. The third kappa shape index (κ3) is 3.84. The Labute approximate surface area is 138 Å². The second-order valence-corrected chi connectivity index (χ2v) is 6.46. The van der Waals surface area contributed by atoms with E-state index in [0.717, 1.165) is 64.9 Å². The van der Waals surface area contributed by atoms with Crippen molar-refractivity contribution in [2.45, 2.75) is 13.5 Å². The van der Waals surface area contributed by atoms with E-state index in [2.05, 4.69) is 38.2 Å². The number of amides is 1. The third-order valence-corrected chi connectivity index (χ3v) is 4.90. The number of rotatable bonds is 4. The smallest absolute Gasteiger partial charge is 0.236 e. The SMILES string of the molecule is CCn1ccnc1N1CCN(C(=O)CN2CCN(C)CC2)CC1. The minimum atomic E-state index is 0.271. The zero-order valence-corrected chi connectivity index (χ0v) is 14.3. The van der Waals surface area contributed by atoms with E-state index in [4.69, 9.17) is 0 Å². The fourth-order valence-corrected chi connectivity index (χ4v) is 3.28. The van der Waals surface area contributed by atoms with Gasteiger partial charge in [0.2, 0.25) is 11.9 Å². The molecule has 3 rings (SSSR count). The minimum absolute atomic E-state index is 0.271. The van der Waals surface area contributed by atoms with Gasteiger partial charge < -0.3 is 19.3 Å². The predicted octanol–water partition coefficient (Wildman–Crippen LogP) is -0.201. The van der Waals surface area contributed by atoms with Crippen LogP contribution in [0.15, 0.2) is 12.4 Å². The zero-order valence-electron chi connectivity index (χ0n) is 14.3. The minimum Gasteiger partial charge on any atom is -0.339 e. The number of hydrogen-bond donors (Lipinski definition) is 0. The van der Waals surface area contributed by atoms with E-state index in [1.54, 1.807) is 0 Å². The highest BCUT2D eigenvalue weighted by Gasteiger charge is 2.25. The van der Waals surface area contributed by atoms with Crippen LogP contribution < -0.4 is 4.90 Å². The average Bonchev–Trinajstić information content (AvgIpc) is 3.06. The first-order valence-corrected chi connectivity index (χ1v) is 8.62. The molecule has 0 aromatic carbocycles. The summed E-state index contributed by atoms with van der Waals surface area (Å²) in [5.41, 5.74) is 0. The number of carbonyl (C=O) groups is 1. The Balaban J connectivity index is 1.48. The van der Waals surface area contributed by atoms with E-state index < -0.39 is 0 Å². The standard InChI is InChI=1S/C16H28N6O/c1-3-20-5-4-17-16(20)22-12-10-21(11-13-22)15(23)14-19-8-6-18(2)7-9-19/h4-5H,3,6-14H2,1-2H3. The van der Waals surface area contributed by atoms with Crippen molar-refractivity contribution in [1.29, 1.82) is 0 Å². The van der Waals surface area contributed by atoms with Crippen LogP contribution in [0.25, 0.3) is 0 Å². The molecule has 0 radical (unpaired) electrons. The summed E-state index contributed by atoms with van der Waals surface area (Å²) >= 11 is 0. The third-order valence-electron chi connectivity index (χ3n) is 4.90. The molecule has 0 unspecified atom stereocenters. The second kappa shape index (κ2) is 7.31. The molecule has 128 valence electrons.